The summed E-state index contributed by atoms with van der Waals surface area (Å²) in [5.74, 6) is 0.0413. The minimum absolute atomic E-state index is 0.0569. The second-order valence-electron chi connectivity index (χ2n) is 9.09. The molecule has 0 N–H and O–H groups in total. The largest absolute Gasteiger partial charge is 0.476 e. The minimum Gasteiger partial charge on any atom is -0.476 e. The molecule has 7 nitrogen and oxygen atoms in total. The smallest absolute Gasteiger partial charge is 0.265 e. The lowest BCUT2D eigenvalue weighted by Gasteiger charge is -2.40. The molecule has 2 heterocycles. The number of amides is 1. The second kappa shape index (κ2) is 10.0. The van der Waals surface area contributed by atoms with Crippen molar-refractivity contribution in [3.8, 4) is 5.75 Å². The van der Waals surface area contributed by atoms with Crippen molar-refractivity contribution in [3.63, 3.8) is 0 Å². The van der Waals surface area contributed by atoms with Crippen molar-refractivity contribution < 1.29 is 17.9 Å². The molecule has 0 bridgehead atoms. The number of nitrogens with zero attached hydrogens (tertiary/aromatic N) is 3. The maximum Gasteiger partial charge on any atom is 0.265 e. The zero-order valence-electron chi connectivity index (χ0n) is 20.0. The van der Waals surface area contributed by atoms with Gasteiger partial charge in [0.05, 0.1) is 18.0 Å². The van der Waals surface area contributed by atoms with Crippen molar-refractivity contribution >= 4 is 38.9 Å². The number of halogens is 1. The van der Waals surface area contributed by atoms with Crippen LogP contribution in [0, 0.1) is 6.92 Å². The Hall–Kier alpha value is -3.23. The molecular formula is C27H28ClN3O4S. The van der Waals surface area contributed by atoms with Gasteiger partial charge in [0.25, 0.3) is 5.91 Å². The van der Waals surface area contributed by atoms with E-state index >= 15 is 0 Å². The zero-order valence-corrected chi connectivity index (χ0v) is 21.6. The average molecular weight is 526 g/mol. The van der Waals surface area contributed by atoms with Crippen molar-refractivity contribution in [3.05, 3.63) is 88.9 Å². The molecule has 0 unspecified atom stereocenters. The molecule has 36 heavy (non-hydrogen) atoms. The van der Waals surface area contributed by atoms with E-state index in [1.54, 1.807) is 41.3 Å². The highest BCUT2D eigenvalue weighted by molar-refractivity contribution is 7.92. The number of hydrogen-bond acceptors (Lipinski definition) is 5. The highest BCUT2D eigenvalue weighted by Gasteiger charge is 2.39. The summed E-state index contributed by atoms with van der Waals surface area (Å²) in [6, 6.07) is 21.8. The molecule has 0 spiro atoms. The summed E-state index contributed by atoms with van der Waals surface area (Å²) in [6.45, 7) is 4.34. The molecule has 5 rings (SSSR count). The zero-order chi connectivity index (χ0) is 25.3. The summed E-state index contributed by atoms with van der Waals surface area (Å²) in [4.78, 5) is 17.5. The summed E-state index contributed by atoms with van der Waals surface area (Å²) in [5.41, 5.74) is 3.34. The van der Waals surface area contributed by atoms with E-state index < -0.39 is 16.1 Å². The van der Waals surface area contributed by atoms with E-state index in [0.29, 0.717) is 48.2 Å². The third kappa shape index (κ3) is 5.01. The Kier molecular flexibility index (Phi) is 6.81. The molecule has 0 saturated carbocycles. The van der Waals surface area contributed by atoms with Crippen LogP contribution in [-0.2, 0) is 20.6 Å². The first-order valence-electron chi connectivity index (χ1n) is 11.9. The van der Waals surface area contributed by atoms with Crippen LogP contribution in [0.15, 0.2) is 72.8 Å². The molecule has 0 aliphatic carbocycles. The Morgan fingerprint density at radius 3 is 2.39 bits per heavy atom. The quantitative estimate of drug-likeness (QED) is 0.502. The van der Waals surface area contributed by atoms with Crippen molar-refractivity contribution in [1.29, 1.82) is 0 Å². The molecule has 2 aliphatic heterocycles. The van der Waals surface area contributed by atoms with Crippen LogP contribution in [0.25, 0.3) is 0 Å². The van der Waals surface area contributed by atoms with Crippen LogP contribution in [0.1, 0.15) is 11.1 Å². The standard InChI is InChI=1S/C27H28ClN3O4S/c1-20-11-12-22(28)17-24(20)29-13-15-30(16-14-29)27(32)26-18-31(23-9-5-6-10-25(23)35-26)36(33,34)19-21-7-3-2-4-8-21/h2-12,17,26H,13-16,18-19H2,1H3/t26-/m1/s1. The van der Waals surface area contributed by atoms with Crippen LogP contribution < -0.4 is 13.9 Å². The van der Waals surface area contributed by atoms with Gasteiger partial charge in [-0.3, -0.25) is 9.10 Å². The number of ether oxygens (including phenoxy) is 1. The highest BCUT2D eigenvalue weighted by Crippen LogP contribution is 2.36. The van der Waals surface area contributed by atoms with Gasteiger partial charge < -0.3 is 14.5 Å². The van der Waals surface area contributed by atoms with Gasteiger partial charge in [0.1, 0.15) is 5.75 Å². The number of rotatable bonds is 5. The lowest BCUT2D eigenvalue weighted by molar-refractivity contribution is -0.138. The number of carbonyl (C=O) groups excluding carboxylic acids is 1. The van der Waals surface area contributed by atoms with Gasteiger partial charge in [0, 0.05) is 36.9 Å². The number of sulfonamides is 1. The summed E-state index contributed by atoms with van der Waals surface area (Å²) >= 11 is 6.20. The maximum atomic E-state index is 13.5. The Morgan fingerprint density at radius 2 is 1.64 bits per heavy atom. The molecular weight excluding hydrogens is 498 g/mol. The van der Waals surface area contributed by atoms with Gasteiger partial charge in [-0.25, -0.2) is 8.42 Å². The monoisotopic (exact) mass is 525 g/mol. The van der Waals surface area contributed by atoms with Crippen molar-refractivity contribution in [2.24, 2.45) is 0 Å². The molecule has 0 aromatic heterocycles. The van der Waals surface area contributed by atoms with Gasteiger partial charge in [-0.05, 0) is 42.3 Å². The SMILES string of the molecule is Cc1ccc(Cl)cc1N1CCN(C(=O)[C@H]2CN(S(=O)(=O)Cc3ccccc3)c3ccccc3O2)CC1. The number of benzene rings is 3. The first kappa shape index (κ1) is 24.5. The topological polar surface area (TPSA) is 70.2 Å². The predicted octanol–water partition coefficient (Wildman–Crippen LogP) is 4.09. The number of carbonyl (C=O) groups is 1. The van der Waals surface area contributed by atoms with E-state index in [-0.39, 0.29) is 18.2 Å². The Bertz CT molecular complexity index is 1360. The number of aryl methyl sites for hydroxylation is 1. The summed E-state index contributed by atoms with van der Waals surface area (Å²) in [5, 5.41) is 0.681. The normalized spacial score (nSPS) is 17.9. The van der Waals surface area contributed by atoms with Gasteiger partial charge in [-0.15, -0.1) is 0 Å². The molecule has 3 aromatic rings. The van der Waals surface area contributed by atoms with Gasteiger partial charge in [0.2, 0.25) is 10.0 Å². The van der Waals surface area contributed by atoms with Gasteiger partial charge in [-0.2, -0.15) is 0 Å². The fourth-order valence-electron chi connectivity index (χ4n) is 4.75. The highest BCUT2D eigenvalue weighted by atomic mass is 35.5. The van der Waals surface area contributed by atoms with Crippen molar-refractivity contribution in [2.75, 3.05) is 41.9 Å². The molecule has 2 aliphatic rings. The second-order valence-corrected chi connectivity index (χ2v) is 11.4. The summed E-state index contributed by atoms with van der Waals surface area (Å²) < 4.78 is 34.3. The Labute approximate surface area is 216 Å². The molecule has 1 saturated heterocycles. The van der Waals surface area contributed by atoms with Gasteiger partial charge in [-0.1, -0.05) is 60.1 Å². The lowest BCUT2D eigenvalue weighted by atomic mass is 10.1. The molecule has 0 radical (unpaired) electrons. The molecule has 3 aromatic carbocycles. The van der Waals surface area contributed by atoms with E-state index in [1.165, 1.54) is 4.31 Å². The third-order valence-corrected chi connectivity index (χ3v) is 8.59. The van der Waals surface area contributed by atoms with Crippen molar-refractivity contribution in [2.45, 2.75) is 18.8 Å². The minimum atomic E-state index is -3.74. The third-order valence-electron chi connectivity index (χ3n) is 6.64. The number of piperazine rings is 1. The number of para-hydroxylation sites is 2. The number of hydrogen-bond donors (Lipinski definition) is 0. The van der Waals surface area contributed by atoms with E-state index in [4.69, 9.17) is 16.3 Å². The lowest BCUT2D eigenvalue weighted by Crippen LogP contribution is -2.56. The fraction of sp³-hybridized carbons (Fsp3) is 0.296. The maximum absolute atomic E-state index is 13.5. The summed E-state index contributed by atoms with van der Waals surface area (Å²) in [6.07, 6.45) is -0.912. The molecule has 9 heteroatoms. The Morgan fingerprint density at radius 1 is 0.944 bits per heavy atom. The van der Waals surface area contributed by atoms with Crippen LogP contribution in [0.3, 0.4) is 0 Å². The van der Waals surface area contributed by atoms with Crippen molar-refractivity contribution in [1.82, 2.24) is 4.90 Å². The van der Waals surface area contributed by atoms with Crippen LogP contribution in [0.2, 0.25) is 5.02 Å². The summed E-state index contributed by atoms with van der Waals surface area (Å²) in [7, 11) is -3.74. The molecule has 1 amide bonds. The number of fused-ring (bicyclic) bond motifs is 1. The first-order valence-corrected chi connectivity index (χ1v) is 13.9. The van der Waals surface area contributed by atoms with Crippen LogP contribution in [0.5, 0.6) is 5.75 Å². The predicted molar refractivity (Wildman–Crippen MR) is 142 cm³/mol. The average Bonchev–Trinajstić information content (AvgIpc) is 2.89. The van der Waals surface area contributed by atoms with Crippen LogP contribution >= 0.6 is 11.6 Å². The van der Waals surface area contributed by atoms with E-state index in [0.717, 1.165) is 11.3 Å². The van der Waals surface area contributed by atoms with Gasteiger partial charge >= 0.3 is 0 Å². The number of anilines is 2. The molecule has 188 valence electrons. The molecule has 1 atom stereocenters. The van der Waals surface area contributed by atoms with E-state index in [2.05, 4.69) is 4.90 Å². The van der Waals surface area contributed by atoms with Gasteiger partial charge in [0.15, 0.2) is 6.10 Å². The van der Waals surface area contributed by atoms with Crippen LogP contribution in [0.4, 0.5) is 11.4 Å². The van der Waals surface area contributed by atoms with Crippen LogP contribution in [-0.4, -0.2) is 58.1 Å². The molecule has 1 fully saturated rings. The fourth-order valence-corrected chi connectivity index (χ4v) is 6.50. The van der Waals surface area contributed by atoms with E-state index in [1.807, 2.05) is 43.3 Å². The Balaban J connectivity index is 1.32. The first-order chi connectivity index (χ1) is 17.3. The van der Waals surface area contributed by atoms with E-state index in [9.17, 15) is 13.2 Å².